The SMILES string of the molecule is COC1(CC(=O)NCCn2cc(C(=O)O)nn2)CCC1. The molecule has 1 aliphatic rings. The lowest BCUT2D eigenvalue weighted by molar-refractivity contribution is -0.134. The number of rotatable bonds is 7. The summed E-state index contributed by atoms with van der Waals surface area (Å²) in [5.41, 5.74) is -0.391. The molecule has 20 heavy (non-hydrogen) atoms. The number of nitrogens with zero attached hydrogens (tertiary/aromatic N) is 3. The van der Waals surface area contributed by atoms with Crippen molar-refractivity contribution < 1.29 is 19.4 Å². The summed E-state index contributed by atoms with van der Waals surface area (Å²) >= 11 is 0. The lowest BCUT2D eigenvalue weighted by Crippen LogP contribution is -2.44. The highest BCUT2D eigenvalue weighted by Crippen LogP contribution is 2.37. The normalized spacial score (nSPS) is 16.4. The Morgan fingerprint density at radius 2 is 2.30 bits per heavy atom. The Balaban J connectivity index is 1.72. The van der Waals surface area contributed by atoms with Gasteiger partial charge < -0.3 is 15.2 Å². The number of carbonyl (C=O) groups excluding carboxylic acids is 1. The number of hydrogen-bond donors (Lipinski definition) is 2. The molecule has 1 aromatic heterocycles. The molecule has 1 heterocycles. The third kappa shape index (κ3) is 3.32. The van der Waals surface area contributed by atoms with Crippen LogP contribution >= 0.6 is 0 Å². The number of ether oxygens (including phenoxy) is 1. The molecule has 1 amide bonds. The fraction of sp³-hybridized carbons (Fsp3) is 0.667. The van der Waals surface area contributed by atoms with Crippen molar-refractivity contribution in [1.29, 1.82) is 0 Å². The Kier molecular flexibility index (Phi) is 4.33. The maximum absolute atomic E-state index is 11.8. The Morgan fingerprint density at radius 3 is 2.80 bits per heavy atom. The summed E-state index contributed by atoms with van der Waals surface area (Å²) < 4.78 is 6.77. The molecule has 110 valence electrons. The highest BCUT2D eigenvalue weighted by Gasteiger charge is 2.38. The average molecular weight is 282 g/mol. The van der Waals surface area contributed by atoms with Gasteiger partial charge in [-0.05, 0) is 19.3 Å². The van der Waals surface area contributed by atoms with Gasteiger partial charge in [0.2, 0.25) is 5.91 Å². The van der Waals surface area contributed by atoms with Gasteiger partial charge in [-0.25, -0.2) is 9.48 Å². The van der Waals surface area contributed by atoms with Gasteiger partial charge in [-0.15, -0.1) is 5.10 Å². The lowest BCUT2D eigenvalue weighted by Gasteiger charge is -2.39. The monoisotopic (exact) mass is 282 g/mol. The number of hydrogen-bond acceptors (Lipinski definition) is 5. The zero-order valence-electron chi connectivity index (χ0n) is 11.3. The van der Waals surface area contributed by atoms with E-state index in [-0.39, 0.29) is 17.2 Å². The second-order valence-electron chi connectivity index (χ2n) is 4.94. The van der Waals surface area contributed by atoms with Gasteiger partial charge in [-0.3, -0.25) is 4.79 Å². The van der Waals surface area contributed by atoms with Crippen molar-refractivity contribution in [3.05, 3.63) is 11.9 Å². The van der Waals surface area contributed by atoms with E-state index in [4.69, 9.17) is 9.84 Å². The number of nitrogens with one attached hydrogen (secondary N) is 1. The summed E-state index contributed by atoms with van der Waals surface area (Å²) in [7, 11) is 1.63. The van der Waals surface area contributed by atoms with Crippen molar-refractivity contribution in [3.63, 3.8) is 0 Å². The minimum Gasteiger partial charge on any atom is -0.476 e. The smallest absolute Gasteiger partial charge is 0.358 e. The standard InChI is InChI=1S/C12H18N4O4/c1-20-12(3-2-4-12)7-10(17)13-5-6-16-8-9(11(18)19)14-15-16/h8H,2-7H2,1H3,(H,13,17)(H,18,19). The minimum atomic E-state index is -1.12. The lowest BCUT2D eigenvalue weighted by atomic mass is 9.77. The van der Waals surface area contributed by atoms with Crippen LogP contribution in [0.4, 0.5) is 0 Å². The van der Waals surface area contributed by atoms with Gasteiger partial charge in [0.1, 0.15) is 0 Å². The number of carboxylic acid groups (broad SMARTS) is 1. The van der Waals surface area contributed by atoms with E-state index < -0.39 is 5.97 Å². The van der Waals surface area contributed by atoms with Crippen LogP contribution in [0.1, 0.15) is 36.2 Å². The molecule has 1 saturated carbocycles. The predicted molar refractivity (Wildman–Crippen MR) is 68.2 cm³/mol. The van der Waals surface area contributed by atoms with Crippen molar-refractivity contribution in [1.82, 2.24) is 20.3 Å². The number of amides is 1. The topological polar surface area (TPSA) is 106 Å². The first-order valence-electron chi connectivity index (χ1n) is 6.50. The molecule has 8 nitrogen and oxygen atoms in total. The zero-order valence-corrected chi connectivity index (χ0v) is 11.3. The molecule has 0 bridgehead atoms. The van der Waals surface area contributed by atoms with Crippen LogP contribution in [0.25, 0.3) is 0 Å². The summed E-state index contributed by atoms with van der Waals surface area (Å²) in [5.74, 6) is -1.18. The number of carbonyl (C=O) groups is 2. The van der Waals surface area contributed by atoms with Gasteiger partial charge in [0.05, 0.1) is 24.8 Å². The molecule has 0 spiro atoms. The second kappa shape index (κ2) is 6.00. The molecule has 0 atom stereocenters. The summed E-state index contributed by atoms with van der Waals surface area (Å²) in [6.07, 6.45) is 4.63. The molecule has 1 aromatic rings. The van der Waals surface area contributed by atoms with Gasteiger partial charge in [-0.1, -0.05) is 5.21 Å². The highest BCUT2D eigenvalue weighted by molar-refractivity contribution is 5.84. The van der Waals surface area contributed by atoms with E-state index in [1.807, 2.05) is 0 Å². The molecule has 0 saturated heterocycles. The van der Waals surface area contributed by atoms with Crippen molar-refractivity contribution in [2.24, 2.45) is 0 Å². The quantitative estimate of drug-likeness (QED) is 0.732. The molecule has 0 aromatic carbocycles. The molecule has 2 rings (SSSR count). The van der Waals surface area contributed by atoms with Crippen LogP contribution in [0.15, 0.2) is 6.20 Å². The van der Waals surface area contributed by atoms with E-state index in [0.29, 0.717) is 19.5 Å². The van der Waals surface area contributed by atoms with Crippen molar-refractivity contribution in [2.75, 3.05) is 13.7 Å². The second-order valence-corrected chi connectivity index (χ2v) is 4.94. The molecule has 0 unspecified atom stereocenters. The number of carboxylic acids is 1. The van der Waals surface area contributed by atoms with E-state index in [2.05, 4.69) is 15.6 Å². The van der Waals surface area contributed by atoms with E-state index in [1.54, 1.807) is 7.11 Å². The van der Waals surface area contributed by atoms with Gasteiger partial charge >= 0.3 is 5.97 Å². The first-order valence-corrected chi connectivity index (χ1v) is 6.50. The number of methoxy groups -OCH3 is 1. The van der Waals surface area contributed by atoms with Crippen LogP contribution in [-0.4, -0.2) is 51.2 Å². The zero-order chi connectivity index (χ0) is 14.6. The summed E-state index contributed by atoms with van der Waals surface area (Å²) in [4.78, 5) is 22.4. The number of aromatic carboxylic acids is 1. The maximum Gasteiger partial charge on any atom is 0.358 e. The van der Waals surface area contributed by atoms with E-state index >= 15 is 0 Å². The third-order valence-electron chi connectivity index (χ3n) is 3.60. The molecule has 2 N–H and O–H groups in total. The van der Waals surface area contributed by atoms with E-state index in [0.717, 1.165) is 19.3 Å². The Bertz CT molecular complexity index is 490. The molecule has 8 heteroatoms. The van der Waals surface area contributed by atoms with Crippen molar-refractivity contribution in [2.45, 2.75) is 37.8 Å². The maximum atomic E-state index is 11.8. The molecule has 0 aliphatic heterocycles. The van der Waals surface area contributed by atoms with Crippen molar-refractivity contribution in [3.8, 4) is 0 Å². The third-order valence-corrected chi connectivity index (χ3v) is 3.60. The van der Waals surface area contributed by atoms with Crippen molar-refractivity contribution >= 4 is 11.9 Å². The highest BCUT2D eigenvalue weighted by atomic mass is 16.5. The first-order chi connectivity index (χ1) is 9.54. The fourth-order valence-corrected chi connectivity index (χ4v) is 2.19. The molecule has 0 radical (unpaired) electrons. The summed E-state index contributed by atoms with van der Waals surface area (Å²) in [6.45, 7) is 0.757. The van der Waals surface area contributed by atoms with E-state index in [1.165, 1.54) is 10.9 Å². The first kappa shape index (κ1) is 14.4. The Morgan fingerprint density at radius 1 is 1.55 bits per heavy atom. The molecule has 1 fully saturated rings. The van der Waals surface area contributed by atoms with Gasteiger partial charge in [0, 0.05) is 13.7 Å². The predicted octanol–water partition coefficient (Wildman–Crippen LogP) is 0.0517. The van der Waals surface area contributed by atoms with Gasteiger partial charge in [-0.2, -0.15) is 0 Å². The average Bonchev–Trinajstić information content (AvgIpc) is 2.83. The van der Waals surface area contributed by atoms with E-state index in [9.17, 15) is 9.59 Å². The largest absolute Gasteiger partial charge is 0.476 e. The minimum absolute atomic E-state index is 0.0647. The fourth-order valence-electron chi connectivity index (χ4n) is 2.19. The molecular weight excluding hydrogens is 264 g/mol. The van der Waals surface area contributed by atoms with Crippen LogP contribution in [0.2, 0.25) is 0 Å². The van der Waals surface area contributed by atoms with Crippen LogP contribution in [-0.2, 0) is 16.1 Å². The van der Waals surface area contributed by atoms with Crippen LogP contribution in [0.5, 0.6) is 0 Å². The Labute approximate surface area is 116 Å². The Hall–Kier alpha value is -1.96. The number of aromatic nitrogens is 3. The summed E-state index contributed by atoms with van der Waals surface area (Å²) in [6, 6.07) is 0. The van der Waals surface area contributed by atoms with Crippen LogP contribution in [0, 0.1) is 0 Å². The van der Waals surface area contributed by atoms with Crippen LogP contribution < -0.4 is 5.32 Å². The summed E-state index contributed by atoms with van der Waals surface area (Å²) in [5, 5.41) is 18.6. The van der Waals surface area contributed by atoms with Crippen LogP contribution in [0.3, 0.4) is 0 Å². The molecular formula is C12H18N4O4. The van der Waals surface area contributed by atoms with Gasteiger partial charge in [0.25, 0.3) is 0 Å². The molecule has 1 aliphatic carbocycles. The van der Waals surface area contributed by atoms with Gasteiger partial charge in [0.15, 0.2) is 5.69 Å².